The molecule has 0 aromatic heterocycles. The van der Waals surface area contributed by atoms with E-state index in [1.54, 1.807) is 6.08 Å². The molecule has 0 heterocycles. The standard InChI is InChI=1S/C29H30N2O5/c1-35-28(33)25(19-11-18-22-12-5-2-6-13-22)30-27(32)26(20-23-14-7-3-8-15-23)31-29(34)36-21-24-16-9-4-10-17-24/h2-18,25-26H,19-21H2,1H3,(H,30,32)(H,31,34)/b18-11+/t25-,26+/m0/s1. The summed E-state index contributed by atoms with van der Waals surface area (Å²) in [5.74, 6) is -1.09. The molecule has 0 bridgehead atoms. The van der Waals surface area contributed by atoms with Crippen molar-refractivity contribution >= 4 is 24.0 Å². The van der Waals surface area contributed by atoms with Crippen LogP contribution >= 0.6 is 0 Å². The average Bonchev–Trinajstić information content (AvgIpc) is 2.92. The van der Waals surface area contributed by atoms with E-state index in [9.17, 15) is 14.4 Å². The van der Waals surface area contributed by atoms with Crippen molar-refractivity contribution < 1.29 is 23.9 Å². The maximum absolute atomic E-state index is 13.2. The van der Waals surface area contributed by atoms with E-state index >= 15 is 0 Å². The minimum Gasteiger partial charge on any atom is -0.467 e. The Labute approximate surface area is 211 Å². The van der Waals surface area contributed by atoms with Gasteiger partial charge in [-0.3, -0.25) is 4.79 Å². The van der Waals surface area contributed by atoms with Gasteiger partial charge in [-0.15, -0.1) is 0 Å². The van der Waals surface area contributed by atoms with Crippen molar-refractivity contribution in [1.82, 2.24) is 10.6 Å². The lowest BCUT2D eigenvalue weighted by atomic mass is 10.0. The second-order valence-electron chi connectivity index (χ2n) is 8.08. The number of esters is 1. The molecule has 3 aromatic rings. The van der Waals surface area contributed by atoms with Crippen LogP contribution in [-0.2, 0) is 32.1 Å². The molecule has 0 spiro atoms. The Balaban J connectivity index is 1.67. The topological polar surface area (TPSA) is 93.7 Å². The largest absolute Gasteiger partial charge is 0.467 e. The van der Waals surface area contributed by atoms with Crippen molar-refractivity contribution in [3.05, 3.63) is 114 Å². The summed E-state index contributed by atoms with van der Waals surface area (Å²) in [5.41, 5.74) is 2.64. The number of rotatable bonds is 11. The number of amides is 2. The molecule has 7 heteroatoms. The molecule has 0 fully saturated rings. The second-order valence-corrected chi connectivity index (χ2v) is 8.08. The molecule has 0 aliphatic heterocycles. The highest BCUT2D eigenvalue weighted by Crippen LogP contribution is 2.08. The first-order chi connectivity index (χ1) is 17.5. The van der Waals surface area contributed by atoms with E-state index in [0.717, 1.165) is 16.7 Å². The lowest BCUT2D eigenvalue weighted by Gasteiger charge is -2.22. The normalized spacial score (nSPS) is 12.4. The van der Waals surface area contributed by atoms with Crippen molar-refractivity contribution in [1.29, 1.82) is 0 Å². The van der Waals surface area contributed by atoms with Gasteiger partial charge >= 0.3 is 12.1 Å². The summed E-state index contributed by atoms with van der Waals surface area (Å²) < 4.78 is 10.2. The van der Waals surface area contributed by atoms with E-state index in [0.29, 0.717) is 0 Å². The van der Waals surface area contributed by atoms with Gasteiger partial charge in [0.25, 0.3) is 0 Å². The quantitative estimate of drug-likeness (QED) is 0.395. The molecular weight excluding hydrogens is 456 g/mol. The van der Waals surface area contributed by atoms with Gasteiger partial charge in [-0.25, -0.2) is 9.59 Å². The zero-order valence-corrected chi connectivity index (χ0v) is 20.1. The number of nitrogens with one attached hydrogen (secondary N) is 2. The number of alkyl carbamates (subject to hydrolysis) is 1. The van der Waals surface area contributed by atoms with Crippen LogP contribution in [0.3, 0.4) is 0 Å². The van der Waals surface area contributed by atoms with E-state index in [1.165, 1.54) is 7.11 Å². The summed E-state index contributed by atoms with van der Waals surface area (Å²) in [5, 5.41) is 5.35. The highest BCUT2D eigenvalue weighted by Gasteiger charge is 2.27. The Morgan fingerprint density at radius 3 is 1.97 bits per heavy atom. The summed E-state index contributed by atoms with van der Waals surface area (Å²) in [6, 6.07) is 26.3. The summed E-state index contributed by atoms with van der Waals surface area (Å²) in [4.78, 5) is 38.1. The van der Waals surface area contributed by atoms with Crippen LogP contribution in [0.15, 0.2) is 97.1 Å². The van der Waals surface area contributed by atoms with Gasteiger partial charge in [-0.1, -0.05) is 103 Å². The van der Waals surface area contributed by atoms with E-state index in [1.807, 2.05) is 97.1 Å². The Bertz CT molecular complexity index is 1130. The molecule has 0 aliphatic rings. The molecule has 0 aliphatic carbocycles. The molecule has 0 radical (unpaired) electrons. The zero-order valence-electron chi connectivity index (χ0n) is 20.1. The molecule has 0 unspecified atom stereocenters. The molecule has 2 amide bonds. The van der Waals surface area contributed by atoms with Crippen LogP contribution in [0.1, 0.15) is 23.1 Å². The molecule has 0 saturated carbocycles. The van der Waals surface area contributed by atoms with Crippen LogP contribution in [0, 0.1) is 0 Å². The fourth-order valence-corrected chi connectivity index (χ4v) is 3.50. The number of carbonyl (C=O) groups is 3. The molecule has 7 nitrogen and oxygen atoms in total. The Morgan fingerprint density at radius 1 is 0.778 bits per heavy atom. The number of methoxy groups -OCH3 is 1. The van der Waals surface area contributed by atoms with Crippen LogP contribution < -0.4 is 10.6 Å². The van der Waals surface area contributed by atoms with Gasteiger partial charge in [0.15, 0.2) is 0 Å². The molecule has 2 N–H and O–H groups in total. The first kappa shape index (κ1) is 26.2. The van der Waals surface area contributed by atoms with Crippen LogP contribution in [-0.4, -0.2) is 37.2 Å². The van der Waals surface area contributed by atoms with Crippen LogP contribution in [0.25, 0.3) is 6.08 Å². The minimum atomic E-state index is -0.957. The molecule has 2 atom stereocenters. The Morgan fingerprint density at radius 2 is 1.36 bits per heavy atom. The molecular formula is C29H30N2O5. The van der Waals surface area contributed by atoms with E-state index in [-0.39, 0.29) is 19.4 Å². The molecule has 186 valence electrons. The van der Waals surface area contributed by atoms with Gasteiger partial charge in [0.2, 0.25) is 5.91 Å². The van der Waals surface area contributed by atoms with Gasteiger partial charge in [-0.2, -0.15) is 0 Å². The van der Waals surface area contributed by atoms with E-state index in [2.05, 4.69) is 10.6 Å². The Kier molecular flexibility index (Phi) is 10.3. The lowest BCUT2D eigenvalue weighted by Crippen LogP contribution is -2.52. The number of ether oxygens (including phenoxy) is 2. The summed E-state index contributed by atoms with van der Waals surface area (Å²) >= 11 is 0. The van der Waals surface area contributed by atoms with Gasteiger partial charge < -0.3 is 20.1 Å². The number of benzene rings is 3. The maximum Gasteiger partial charge on any atom is 0.408 e. The SMILES string of the molecule is COC(=O)[C@H](C/C=C/c1ccccc1)NC(=O)[C@@H](Cc1ccccc1)NC(=O)OCc1ccccc1. The smallest absolute Gasteiger partial charge is 0.408 e. The maximum atomic E-state index is 13.2. The highest BCUT2D eigenvalue weighted by atomic mass is 16.5. The molecule has 36 heavy (non-hydrogen) atoms. The molecule has 3 aromatic carbocycles. The number of hydrogen-bond donors (Lipinski definition) is 2. The fourth-order valence-electron chi connectivity index (χ4n) is 3.50. The van der Waals surface area contributed by atoms with Gasteiger partial charge in [0, 0.05) is 6.42 Å². The van der Waals surface area contributed by atoms with Crippen LogP contribution in [0.2, 0.25) is 0 Å². The van der Waals surface area contributed by atoms with Gasteiger partial charge in [0.05, 0.1) is 7.11 Å². The first-order valence-corrected chi connectivity index (χ1v) is 11.7. The van der Waals surface area contributed by atoms with Gasteiger partial charge in [0.1, 0.15) is 18.7 Å². The van der Waals surface area contributed by atoms with Crippen molar-refractivity contribution in [2.75, 3.05) is 7.11 Å². The Hall–Kier alpha value is -4.39. The zero-order chi connectivity index (χ0) is 25.6. The van der Waals surface area contributed by atoms with Crippen LogP contribution in [0.5, 0.6) is 0 Å². The van der Waals surface area contributed by atoms with Crippen molar-refractivity contribution in [3.8, 4) is 0 Å². The first-order valence-electron chi connectivity index (χ1n) is 11.7. The number of carbonyl (C=O) groups excluding carboxylic acids is 3. The van der Waals surface area contributed by atoms with Crippen molar-refractivity contribution in [2.24, 2.45) is 0 Å². The monoisotopic (exact) mass is 486 g/mol. The number of hydrogen-bond acceptors (Lipinski definition) is 5. The third-order valence-electron chi connectivity index (χ3n) is 5.39. The second kappa shape index (κ2) is 14.1. The minimum absolute atomic E-state index is 0.0708. The van der Waals surface area contributed by atoms with Crippen molar-refractivity contribution in [3.63, 3.8) is 0 Å². The van der Waals surface area contributed by atoms with Crippen molar-refractivity contribution in [2.45, 2.75) is 31.5 Å². The van der Waals surface area contributed by atoms with E-state index in [4.69, 9.17) is 9.47 Å². The summed E-state index contributed by atoms with van der Waals surface area (Å²) in [7, 11) is 1.27. The predicted octanol–water partition coefficient (Wildman–Crippen LogP) is 4.29. The predicted molar refractivity (Wildman–Crippen MR) is 138 cm³/mol. The van der Waals surface area contributed by atoms with Crippen LogP contribution in [0.4, 0.5) is 4.79 Å². The van der Waals surface area contributed by atoms with E-state index < -0.39 is 30.1 Å². The third-order valence-corrected chi connectivity index (χ3v) is 5.39. The average molecular weight is 487 g/mol. The summed E-state index contributed by atoms with van der Waals surface area (Å²) in [6.07, 6.45) is 3.38. The molecule has 3 rings (SSSR count). The summed E-state index contributed by atoms with van der Waals surface area (Å²) in [6.45, 7) is 0.0708. The lowest BCUT2D eigenvalue weighted by molar-refractivity contribution is -0.145. The fraction of sp³-hybridized carbons (Fsp3) is 0.207. The molecule has 0 saturated heterocycles. The van der Waals surface area contributed by atoms with Gasteiger partial charge in [-0.05, 0) is 23.1 Å². The third kappa shape index (κ3) is 8.76. The highest BCUT2D eigenvalue weighted by molar-refractivity contribution is 5.90.